The lowest BCUT2D eigenvalue weighted by Crippen LogP contribution is -2.27. The maximum atomic E-state index is 12.0. The van der Waals surface area contributed by atoms with Crippen LogP contribution in [0.2, 0.25) is 0 Å². The second-order valence-corrected chi connectivity index (χ2v) is 8.95. The van der Waals surface area contributed by atoms with Crippen molar-refractivity contribution in [1.82, 2.24) is 20.3 Å². The molecule has 1 aromatic heterocycles. The number of carbonyl (C=O) groups excluding carboxylic acids is 1. The van der Waals surface area contributed by atoms with E-state index in [9.17, 15) is 4.79 Å². The van der Waals surface area contributed by atoms with Gasteiger partial charge in [0.15, 0.2) is 0 Å². The first-order valence-corrected chi connectivity index (χ1v) is 13.3. The van der Waals surface area contributed by atoms with E-state index in [1.54, 1.807) is 19.2 Å². The SMILES string of the molecule is COc1ccc(CNc2nc(NCCOCCOCCNC(=O)c3ccccc3)nc(N3CCCC3)n2)cc1. The molecule has 11 nitrogen and oxygen atoms in total. The summed E-state index contributed by atoms with van der Waals surface area (Å²) in [5, 5.41) is 9.39. The molecule has 3 N–H and O–H groups in total. The third kappa shape index (κ3) is 9.38. The zero-order chi connectivity index (χ0) is 27.1. The average Bonchev–Trinajstić information content (AvgIpc) is 3.53. The highest BCUT2D eigenvalue weighted by Crippen LogP contribution is 2.19. The molecule has 0 saturated carbocycles. The number of benzene rings is 2. The highest BCUT2D eigenvalue weighted by Gasteiger charge is 2.17. The van der Waals surface area contributed by atoms with Crippen molar-refractivity contribution in [3.8, 4) is 5.75 Å². The molecule has 39 heavy (non-hydrogen) atoms. The summed E-state index contributed by atoms with van der Waals surface area (Å²) >= 11 is 0. The molecule has 2 aromatic carbocycles. The predicted molar refractivity (Wildman–Crippen MR) is 150 cm³/mol. The first-order chi connectivity index (χ1) is 19.2. The summed E-state index contributed by atoms with van der Waals surface area (Å²) in [5.74, 6) is 2.43. The normalized spacial score (nSPS) is 12.8. The Bertz CT molecular complexity index is 1140. The zero-order valence-corrected chi connectivity index (χ0v) is 22.4. The Labute approximate surface area is 229 Å². The van der Waals surface area contributed by atoms with Crippen LogP contribution in [0.5, 0.6) is 5.75 Å². The first-order valence-electron chi connectivity index (χ1n) is 13.3. The maximum Gasteiger partial charge on any atom is 0.251 e. The minimum atomic E-state index is -0.105. The Balaban J connectivity index is 1.15. The highest BCUT2D eigenvalue weighted by molar-refractivity contribution is 5.94. The molecule has 1 saturated heterocycles. The van der Waals surface area contributed by atoms with Crippen molar-refractivity contribution in [3.63, 3.8) is 0 Å². The molecule has 11 heteroatoms. The molecule has 208 valence electrons. The van der Waals surface area contributed by atoms with Crippen LogP contribution in [0.1, 0.15) is 28.8 Å². The zero-order valence-electron chi connectivity index (χ0n) is 22.4. The highest BCUT2D eigenvalue weighted by atomic mass is 16.5. The number of anilines is 3. The minimum absolute atomic E-state index is 0.105. The molecule has 0 radical (unpaired) electrons. The number of nitrogens with zero attached hydrogens (tertiary/aromatic N) is 4. The lowest BCUT2D eigenvalue weighted by Gasteiger charge is -2.17. The Kier molecular flexibility index (Phi) is 11.1. The summed E-state index contributed by atoms with van der Waals surface area (Å²) in [6.07, 6.45) is 2.27. The fourth-order valence-corrected chi connectivity index (χ4v) is 3.99. The lowest BCUT2D eigenvalue weighted by molar-refractivity contribution is 0.0519. The van der Waals surface area contributed by atoms with E-state index in [2.05, 4.69) is 35.8 Å². The Hall–Kier alpha value is -3.96. The Morgan fingerprint density at radius 2 is 1.49 bits per heavy atom. The van der Waals surface area contributed by atoms with Crippen LogP contribution < -0.4 is 25.6 Å². The van der Waals surface area contributed by atoms with Gasteiger partial charge in [0.25, 0.3) is 5.91 Å². The largest absolute Gasteiger partial charge is 0.497 e. The molecular formula is C28H37N7O4. The van der Waals surface area contributed by atoms with Gasteiger partial charge >= 0.3 is 0 Å². The third-order valence-electron chi connectivity index (χ3n) is 6.09. The van der Waals surface area contributed by atoms with E-state index in [4.69, 9.17) is 14.2 Å². The number of nitrogens with one attached hydrogen (secondary N) is 3. The minimum Gasteiger partial charge on any atom is -0.497 e. The molecular weight excluding hydrogens is 498 g/mol. The summed E-state index contributed by atoms with van der Waals surface area (Å²) < 4.78 is 16.4. The quantitative estimate of drug-likeness (QED) is 0.236. The van der Waals surface area contributed by atoms with Gasteiger partial charge in [0.1, 0.15) is 5.75 Å². The monoisotopic (exact) mass is 535 g/mol. The number of hydrogen-bond donors (Lipinski definition) is 3. The number of ether oxygens (including phenoxy) is 3. The van der Waals surface area contributed by atoms with Gasteiger partial charge in [0.05, 0.1) is 33.5 Å². The number of carbonyl (C=O) groups is 1. The smallest absolute Gasteiger partial charge is 0.251 e. The van der Waals surface area contributed by atoms with Gasteiger partial charge in [-0.3, -0.25) is 4.79 Å². The van der Waals surface area contributed by atoms with Crippen molar-refractivity contribution < 1.29 is 19.0 Å². The number of methoxy groups -OCH3 is 1. The molecule has 1 aliphatic heterocycles. The first kappa shape index (κ1) is 28.1. The van der Waals surface area contributed by atoms with E-state index in [1.807, 2.05) is 42.5 Å². The van der Waals surface area contributed by atoms with Gasteiger partial charge in [0, 0.05) is 38.3 Å². The van der Waals surface area contributed by atoms with Gasteiger partial charge < -0.3 is 35.1 Å². The fraction of sp³-hybridized carbons (Fsp3) is 0.429. The molecule has 1 aliphatic rings. The maximum absolute atomic E-state index is 12.0. The van der Waals surface area contributed by atoms with Crippen molar-refractivity contribution in [2.45, 2.75) is 19.4 Å². The molecule has 0 unspecified atom stereocenters. The van der Waals surface area contributed by atoms with E-state index in [0.29, 0.717) is 69.5 Å². The van der Waals surface area contributed by atoms with E-state index in [-0.39, 0.29) is 5.91 Å². The standard InChI is InChI=1S/C28H37N7O4/c1-37-24-11-9-22(10-12-24)21-31-27-32-26(33-28(34-27)35-15-5-6-16-35)30-14-18-39-20-19-38-17-13-29-25(36)23-7-3-2-4-8-23/h2-4,7-12H,5-6,13-21H2,1H3,(H,29,36)(H2,30,31,32,33,34). The van der Waals surface area contributed by atoms with Crippen LogP contribution in [0.3, 0.4) is 0 Å². The van der Waals surface area contributed by atoms with E-state index in [1.165, 1.54) is 0 Å². The average molecular weight is 536 g/mol. The summed E-state index contributed by atoms with van der Waals surface area (Å²) in [6, 6.07) is 17.0. The summed E-state index contributed by atoms with van der Waals surface area (Å²) in [7, 11) is 1.66. The van der Waals surface area contributed by atoms with E-state index in [0.717, 1.165) is 37.2 Å². The number of aromatic nitrogens is 3. The van der Waals surface area contributed by atoms with Crippen molar-refractivity contribution in [2.24, 2.45) is 0 Å². The number of rotatable bonds is 16. The fourth-order valence-electron chi connectivity index (χ4n) is 3.99. The lowest BCUT2D eigenvalue weighted by atomic mass is 10.2. The van der Waals surface area contributed by atoms with E-state index < -0.39 is 0 Å². The van der Waals surface area contributed by atoms with Gasteiger partial charge in [0.2, 0.25) is 17.8 Å². The van der Waals surface area contributed by atoms with Crippen LogP contribution in [0, 0.1) is 0 Å². The van der Waals surface area contributed by atoms with Crippen LogP contribution in [0.25, 0.3) is 0 Å². The molecule has 2 heterocycles. The van der Waals surface area contributed by atoms with Crippen molar-refractivity contribution in [2.75, 3.05) is 75.2 Å². The number of hydrogen-bond acceptors (Lipinski definition) is 10. The van der Waals surface area contributed by atoms with Crippen LogP contribution in [0.4, 0.5) is 17.8 Å². The van der Waals surface area contributed by atoms with Gasteiger partial charge in [-0.05, 0) is 42.7 Å². The van der Waals surface area contributed by atoms with Gasteiger partial charge in [-0.15, -0.1) is 0 Å². The van der Waals surface area contributed by atoms with Gasteiger partial charge in [-0.2, -0.15) is 15.0 Å². The molecule has 1 fully saturated rings. The topological polar surface area (TPSA) is 123 Å². The van der Waals surface area contributed by atoms with Crippen LogP contribution in [-0.2, 0) is 16.0 Å². The second-order valence-electron chi connectivity index (χ2n) is 8.95. The van der Waals surface area contributed by atoms with Crippen LogP contribution in [0.15, 0.2) is 54.6 Å². The summed E-state index contributed by atoms with van der Waals surface area (Å²) in [5.41, 5.74) is 1.74. The van der Waals surface area contributed by atoms with Crippen LogP contribution >= 0.6 is 0 Å². The Morgan fingerprint density at radius 3 is 2.18 bits per heavy atom. The molecule has 4 rings (SSSR count). The van der Waals surface area contributed by atoms with Crippen molar-refractivity contribution in [1.29, 1.82) is 0 Å². The summed E-state index contributed by atoms with van der Waals surface area (Å²) in [6.45, 7) is 5.29. The van der Waals surface area contributed by atoms with Crippen LogP contribution in [-0.4, -0.2) is 80.6 Å². The predicted octanol–water partition coefficient (Wildman–Crippen LogP) is 2.97. The molecule has 0 spiro atoms. The second kappa shape index (κ2) is 15.5. The molecule has 3 aromatic rings. The van der Waals surface area contributed by atoms with Crippen molar-refractivity contribution >= 4 is 23.8 Å². The Morgan fingerprint density at radius 1 is 0.821 bits per heavy atom. The van der Waals surface area contributed by atoms with Crippen molar-refractivity contribution in [3.05, 3.63) is 65.7 Å². The van der Waals surface area contributed by atoms with Gasteiger partial charge in [-0.1, -0.05) is 30.3 Å². The number of amides is 1. The molecule has 0 aliphatic carbocycles. The van der Waals surface area contributed by atoms with E-state index >= 15 is 0 Å². The summed E-state index contributed by atoms with van der Waals surface area (Å²) in [4.78, 5) is 28.0. The van der Waals surface area contributed by atoms with Gasteiger partial charge in [-0.25, -0.2) is 0 Å². The third-order valence-corrected chi connectivity index (χ3v) is 6.09. The molecule has 1 amide bonds. The molecule has 0 bridgehead atoms. The molecule has 0 atom stereocenters.